The number of fused-ring (bicyclic) bond motifs is 1. The molecule has 1 aliphatic heterocycles. The fourth-order valence-electron chi connectivity index (χ4n) is 4.01. The van der Waals surface area contributed by atoms with Gasteiger partial charge in [-0.2, -0.15) is 0 Å². The Bertz CT molecular complexity index is 1090. The molecule has 168 valence electrons. The van der Waals surface area contributed by atoms with E-state index in [1.54, 1.807) is 7.11 Å². The van der Waals surface area contributed by atoms with Crippen LogP contribution in [-0.2, 0) is 0 Å². The zero-order chi connectivity index (χ0) is 22.5. The van der Waals surface area contributed by atoms with Gasteiger partial charge in [-0.05, 0) is 69.1 Å². The summed E-state index contributed by atoms with van der Waals surface area (Å²) < 4.78 is 11.6. The van der Waals surface area contributed by atoms with Gasteiger partial charge in [-0.15, -0.1) is 0 Å². The number of rotatable bonds is 7. The SMILES string of the molecule is COc1cc2c(NC(=S)Nc3c(C)cccc3C)ncnc2cc1OCCC1CCCN1. The third kappa shape index (κ3) is 5.08. The topological polar surface area (TPSA) is 80.3 Å². The maximum Gasteiger partial charge on any atom is 0.176 e. The van der Waals surface area contributed by atoms with Crippen molar-refractivity contribution in [2.24, 2.45) is 0 Å². The first-order chi connectivity index (χ1) is 15.5. The summed E-state index contributed by atoms with van der Waals surface area (Å²) in [6.07, 6.45) is 4.92. The van der Waals surface area contributed by atoms with Gasteiger partial charge in [0.15, 0.2) is 16.6 Å². The Morgan fingerprint density at radius 3 is 2.69 bits per heavy atom. The number of hydrogen-bond acceptors (Lipinski definition) is 6. The van der Waals surface area contributed by atoms with Crippen LogP contribution in [0.1, 0.15) is 30.4 Å². The molecule has 0 amide bonds. The van der Waals surface area contributed by atoms with E-state index in [4.69, 9.17) is 21.7 Å². The fraction of sp³-hybridized carbons (Fsp3) is 0.375. The van der Waals surface area contributed by atoms with Crippen molar-refractivity contribution < 1.29 is 9.47 Å². The smallest absolute Gasteiger partial charge is 0.176 e. The van der Waals surface area contributed by atoms with Gasteiger partial charge in [0.25, 0.3) is 0 Å². The standard InChI is InChI=1S/C24H29N5O2S/c1-15-6-4-7-16(2)22(15)28-24(32)29-23-18-12-20(30-3)21(13-19(18)26-14-27-23)31-11-9-17-8-5-10-25-17/h4,6-7,12-14,17,25H,5,8-11H2,1-3H3,(H2,26,27,28,29,32). The van der Waals surface area contributed by atoms with Crippen LogP contribution in [0.15, 0.2) is 36.7 Å². The van der Waals surface area contributed by atoms with E-state index in [2.05, 4.69) is 25.9 Å². The summed E-state index contributed by atoms with van der Waals surface area (Å²) in [6.45, 7) is 5.82. The number of para-hydroxylation sites is 1. The van der Waals surface area contributed by atoms with Crippen molar-refractivity contribution in [3.8, 4) is 11.5 Å². The van der Waals surface area contributed by atoms with E-state index < -0.39 is 0 Å². The van der Waals surface area contributed by atoms with Crippen LogP contribution in [0.25, 0.3) is 10.9 Å². The highest BCUT2D eigenvalue weighted by Crippen LogP contribution is 2.34. The molecule has 1 fully saturated rings. The van der Waals surface area contributed by atoms with Crippen molar-refractivity contribution >= 4 is 39.7 Å². The second-order valence-corrected chi connectivity index (χ2v) is 8.43. The molecule has 0 radical (unpaired) electrons. The van der Waals surface area contributed by atoms with Gasteiger partial charge in [0, 0.05) is 23.2 Å². The third-order valence-corrected chi connectivity index (χ3v) is 5.96. The normalized spacial score (nSPS) is 15.5. The van der Waals surface area contributed by atoms with Crippen LogP contribution in [0, 0.1) is 13.8 Å². The predicted octanol–water partition coefficient (Wildman–Crippen LogP) is 4.59. The summed E-state index contributed by atoms with van der Waals surface area (Å²) in [6, 6.07) is 10.4. The van der Waals surface area contributed by atoms with Crippen LogP contribution in [0.2, 0.25) is 0 Å². The number of anilines is 2. The maximum absolute atomic E-state index is 6.04. The molecule has 0 bridgehead atoms. The number of benzene rings is 2. The molecule has 2 heterocycles. The molecule has 1 aliphatic rings. The minimum absolute atomic E-state index is 0.464. The second kappa shape index (κ2) is 10.1. The number of nitrogens with one attached hydrogen (secondary N) is 3. The van der Waals surface area contributed by atoms with E-state index in [0.29, 0.717) is 35.1 Å². The van der Waals surface area contributed by atoms with Crippen LogP contribution in [0.5, 0.6) is 11.5 Å². The van der Waals surface area contributed by atoms with Gasteiger partial charge in [-0.25, -0.2) is 9.97 Å². The number of ether oxygens (including phenoxy) is 2. The van der Waals surface area contributed by atoms with Crippen molar-refractivity contribution in [2.45, 2.75) is 39.2 Å². The lowest BCUT2D eigenvalue weighted by Gasteiger charge is -2.16. The van der Waals surface area contributed by atoms with Crippen molar-refractivity contribution in [1.29, 1.82) is 0 Å². The number of hydrogen-bond donors (Lipinski definition) is 3. The Balaban J connectivity index is 1.51. The molecule has 0 spiro atoms. The maximum atomic E-state index is 6.04. The van der Waals surface area contributed by atoms with Crippen molar-refractivity contribution in [3.63, 3.8) is 0 Å². The van der Waals surface area contributed by atoms with E-state index in [-0.39, 0.29) is 0 Å². The molecule has 32 heavy (non-hydrogen) atoms. The number of nitrogens with zero attached hydrogens (tertiary/aromatic N) is 2. The molecule has 1 aromatic heterocycles. The minimum Gasteiger partial charge on any atom is -0.493 e. The number of methoxy groups -OCH3 is 1. The van der Waals surface area contributed by atoms with Gasteiger partial charge in [-0.3, -0.25) is 0 Å². The molecular formula is C24H29N5O2S. The van der Waals surface area contributed by atoms with Crippen molar-refractivity contribution in [3.05, 3.63) is 47.8 Å². The molecule has 1 unspecified atom stereocenters. The Morgan fingerprint density at radius 1 is 1.16 bits per heavy atom. The zero-order valence-corrected chi connectivity index (χ0v) is 19.5. The number of aryl methyl sites for hydroxylation is 2. The van der Waals surface area contributed by atoms with E-state index in [1.165, 1.54) is 19.2 Å². The summed E-state index contributed by atoms with van der Waals surface area (Å²) in [4.78, 5) is 8.82. The number of thiocarbonyl (C=S) groups is 1. The fourth-order valence-corrected chi connectivity index (χ4v) is 4.21. The van der Waals surface area contributed by atoms with Gasteiger partial charge < -0.3 is 25.4 Å². The molecular weight excluding hydrogens is 422 g/mol. The van der Waals surface area contributed by atoms with Crippen LogP contribution in [0.3, 0.4) is 0 Å². The summed E-state index contributed by atoms with van der Waals surface area (Å²) in [5.74, 6) is 1.93. The van der Waals surface area contributed by atoms with Crippen LogP contribution in [0.4, 0.5) is 11.5 Å². The number of aromatic nitrogens is 2. The van der Waals surface area contributed by atoms with E-state index in [1.807, 2.05) is 44.2 Å². The van der Waals surface area contributed by atoms with Crippen LogP contribution < -0.4 is 25.4 Å². The van der Waals surface area contributed by atoms with Gasteiger partial charge >= 0.3 is 0 Å². The summed E-state index contributed by atoms with van der Waals surface area (Å²) in [7, 11) is 1.64. The lowest BCUT2D eigenvalue weighted by Crippen LogP contribution is -2.23. The highest BCUT2D eigenvalue weighted by Gasteiger charge is 2.16. The Hall–Kier alpha value is -2.97. The highest BCUT2D eigenvalue weighted by molar-refractivity contribution is 7.80. The first-order valence-corrected chi connectivity index (χ1v) is 11.3. The second-order valence-electron chi connectivity index (χ2n) is 8.02. The summed E-state index contributed by atoms with van der Waals surface area (Å²) in [5.41, 5.74) is 4.00. The average molecular weight is 452 g/mol. The van der Waals surface area contributed by atoms with Crippen molar-refractivity contribution in [2.75, 3.05) is 30.9 Å². The quantitative estimate of drug-likeness (QED) is 0.450. The Morgan fingerprint density at radius 2 is 1.97 bits per heavy atom. The highest BCUT2D eigenvalue weighted by atomic mass is 32.1. The Kier molecular flexibility index (Phi) is 7.02. The molecule has 3 aromatic rings. The summed E-state index contributed by atoms with van der Waals surface area (Å²) >= 11 is 5.55. The molecule has 1 atom stereocenters. The largest absolute Gasteiger partial charge is 0.493 e. The van der Waals surface area contributed by atoms with Crippen LogP contribution >= 0.6 is 12.2 Å². The van der Waals surface area contributed by atoms with E-state index in [0.717, 1.165) is 40.7 Å². The molecule has 7 nitrogen and oxygen atoms in total. The molecule has 8 heteroatoms. The lowest BCUT2D eigenvalue weighted by molar-refractivity contribution is 0.276. The third-order valence-electron chi connectivity index (χ3n) is 5.76. The van der Waals surface area contributed by atoms with Crippen molar-refractivity contribution in [1.82, 2.24) is 15.3 Å². The average Bonchev–Trinajstić information content (AvgIpc) is 3.30. The Labute approximate surface area is 193 Å². The van der Waals surface area contributed by atoms with Gasteiger partial charge in [-0.1, -0.05) is 18.2 Å². The molecule has 0 saturated carbocycles. The first-order valence-electron chi connectivity index (χ1n) is 10.9. The first kappa shape index (κ1) is 22.2. The van der Waals surface area contributed by atoms with E-state index >= 15 is 0 Å². The monoisotopic (exact) mass is 451 g/mol. The van der Waals surface area contributed by atoms with E-state index in [9.17, 15) is 0 Å². The molecule has 3 N–H and O–H groups in total. The van der Waals surface area contributed by atoms with Crippen LogP contribution in [-0.4, -0.2) is 41.4 Å². The summed E-state index contributed by atoms with van der Waals surface area (Å²) in [5, 5.41) is 11.2. The van der Waals surface area contributed by atoms with Gasteiger partial charge in [0.2, 0.25) is 0 Å². The molecule has 1 saturated heterocycles. The zero-order valence-electron chi connectivity index (χ0n) is 18.7. The van der Waals surface area contributed by atoms with Gasteiger partial charge in [0.05, 0.1) is 19.2 Å². The lowest BCUT2D eigenvalue weighted by atomic mass is 10.1. The molecule has 0 aliphatic carbocycles. The minimum atomic E-state index is 0.464. The molecule has 4 rings (SSSR count). The predicted molar refractivity (Wildman–Crippen MR) is 133 cm³/mol. The van der Waals surface area contributed by atoms with Gasteiger partial charge in [0.1, 0.15) is 12.1 Å². The molecule has 2 aromatic carbocycles.